The van der Waals surface area contributed by atoms with Crippen molar-refractivity contribution in [2.24, 2.45) is 0 Å². The number of anilines is 1. The molecule has 0 aromatic carbocycles. The molecular weight excluding hydrogens is 266 g/mol. The number of H-pyrrole nitrogens is 1. The molecule has 21 heavy (non-hydrogen) atoms. The van der Waals surface area contributed by atoms with Crippen LogP contribution < -0.4 is 5.32 Å². The molecular formula is C15H21N5O. The van der Waals surface area contributed by atoms with Gasteiger partial charge in [-0.1, -0.05) is 6.07 Å². The fraction of sp³-hybridized carbons (Fsp3) is 0.467. The van der Waals surface area contributed by atoms with Gasteiger partial charge in [0.25, 0.3) is 0 Å². The van der Waals surface area contributed by atoms with Gasteiger partial charge in [0.05, 0.1) is 31.1 Å². The Hall–Kier alpha value is -1.92. The predicted molar refractivity (Wildman–Crippen MR) is 81.1 cm³/mol. The van der Waals surface area contributed by atoms with Crippen molar-refractivity contribution >= 4 is 5.82 Å². The number of hydrogen-bond donors (Lipinski definition) is 2. The molecule has 0 saturated carbocycles. The first kappa shape index (κ1) is 14.0. The van der Waals surface area contributed by atoms with Crippen LogP contribution in [0.5, 0.6) is 0 Å². The molecule has 6 heteroatoms. The zero-order chi connectivity index (χ0) is 14.7. The molecule has 1 saturated heterocycles. The largest absolute Gasteiger partial charge is 0.378 e. The van der Waals surface area contributed by atoms with Gasteiger partial charge in [-0.05, 0) is 18.6 Å². The SMILES string of the molecule is CNc1ncccc1CN1CCOCC1c1[nH]ncc1C. The van der Waals surface area contributed by atoms with E-state index < -0.39 is 0 Å². The molecule has 1 fully saturated rings. The number of nitrogens with one attached hydrogen (secondary N) is 2. The van der Waals surface area contributed by atoms with Crippen LogP contribution in [0, 0.1) is 6.92 Å². The number of pyridine rings is 1. The van der Waals surface area contributed by atoms with E-state index in [1.807, 2.05) is 25.5 Å². The lowest BCUT2D eigenvalue weighted by Crippen LogP contribution is -2.39. The number of rotatable bonds is 4. The van der Waals surface area contributed by atoms with Crippen molar-refractivity contribution in [3.05, 3.63) is 41.3 Å². The third-order valence-corrected chi connectivity index (χ3v) is 3.94. The summed E-state index contributed by atoms with van der Waals surface area (Å²) in [7, 11) is 1.90. The van der Waals surface area contributed by atoms with Gasteiger partial charge in [-0.15, -0.1) is 0 Å². The zero-order valence-electron chi connectivity index (χ0n) is 12.5. The second-order valence-corrected chi connectivity index (χ2v) is 5.29. The van der Waals surface area contributed by atoms with E-state index in [1.54, 1.807) is 0 Å². The maximum atomic E-state index is 5.66. The average Bonchev–Trinajstić information content (AvgIpc) is 2.94. The summed E-state index contributed by atoms with van der Waals surface area (Å²) in [6.45, 7) is 5.28. The number of aromatic amines is 1. The Balaban J connectivity index is 1.83. The normalized spacial score (nSPS) is 19.6. The van der Waals surface area contributed by atoms with Crippen LogP contribution in [0.25, 0.3) is 0 Å². The minimum atomic E-state index is 0.214. The minimum absolute atomic E-state index is 0.214. The Kier molecular flexibility index (Phi) is 4.17. The van der Waals surface area contributed by atoms with Gasteiger partial charge in [0.15, 0.2) is 0 Å². The maximum Gasteiger partial charge on any atom is 0.130 e. The molecule has 1 aliphatic rings. The molecule has 3 heterocycles. The maximum absolute atomic E-state index is 5.66. The quantitative estimate of drug-likeness (QED) is 0.896. The van der Waals surface area contributed by atoms with Gasteiger partial charge >= 0.3 is 0 Å². The molecule has 1 aliphatic heterocycles. The number of hydrogen-bond acceptors (Lipinski definition) is 5. The van der Waals surface area contributed by atoms with Gasteiger partial charge in [0, 0.05) is 31.9 Å². The average molecular weight is 287 g/mol. The molecule has 1 atom stereocenters. The molecule has 0 bridgehead atoms. The summed E-state index contributed by atoms with van der Waals surface area (Å²) in [5.74, 6) is 0.934. The van der Waals surface area contributed by atoms with Gasteiger partial charge in [0.1, 0.15) is 5.82 Å². The van der Waals surface area contributed by atoms with Crippen LogP contribution in [0.3, 0.4) is 0 Å². The molecule has 2 aromatic heterocycles. The molecule has 112 valence electrons. The minimum Gasteiger partial charge on any atom is -0.378 e. The van der Waals surface area contributed by atoms with E-state index in [0.717, 1.165) is 31.2 Å². The van der Waals surface area contributed by atoms with Crippen LogP contribution in [-0.4, -0.2) is 46.9 Å². The highest BCUT2D eigenvalue weighted by molar-refractivity contribution is 5.43. The summed E-state index contributed by atoms with van der Waals surface area (Å²) in [5.41, 5.74) is 3.52. The van der Waals surface area contributed by atoms with E-state index in [9.17, 15) is 0 Å². The first-order valence-corrected chi connectivity index (χ1v) is 7.23. The van der Waals surface area contributed by atoms with Crippen molar-refractivity contribution in [2.45, 2.75) is 19.5 Å². The number of morpholine rings is 1. The zero-order valence-corrected chi connectivity index (χ0v) is 12.5. The second kappa shape index (κ2) is 6.24. The van der Waals surface area contributed by atoms with Crippen LogP contribution in [-0.2, 0) is 11.3 Å². The Labute approximate surface area is 124 Å². The summed E-state index contributed by atoms with van der Waals surface area (Å²) in [6, 6.07) is 4.31. The van der Waals surface area contributed by atoms with Crippen LogP contribution >= 0.6 is 0 Å². The van der Waals surface area contributed by atoms with Crippen molar-refractivity contribution in [1.82, 2.24) is 20.1 Å². The Morgan fingerprint density at radius 1 is 1.52 bits per heavy atom. The molecule has 3 rings (SSSR count). The summed E-state index contributed by atoms with van der Waals surface area (Å²) in [6.07, 6.45) is 3.68. The highest BCUT2D eigenvalue weighted by Crippen LogP contribution is 2.27. The fourth-order valence-corrected chi connectivity index (χ4v) is 2.80. The van der Waals surface area contributed by atoms with Crippen LogP contribution in [0.15, 0.2) is 24.5 Å². The lowest BCUT2D eigenvalue weighted by atomic mass is 10.1. The summed E-state index contributed by atoms with van der Waals surface area (Å²) in [4.78, 5) is 6.80. The lowest BCUT2D eigenvalue weighted by molar-refractivity contribution is -0.0144. The first-order valence-electron chi connectivity index (χ1n) is 7.23. The van der Waals surface area contributed by atoms with Crippen molar-refractivity contribution in [1.29, 1.82) is 0 Å². The smallest absolute Gasteiger partial charge is 0.130 e. The Morgan fingerprint density at radius 3 is 3.19 bits per heavy atom. The van der Waals surface area contributed by atoms with E-state index in [2.05, 4.69) is 38.4 Å². The van der Waals surface area contributed by atoms with Crippen molar-refractivity contribution in [2.75, 3.05) is 32.1 Å². The van der Waals surface area contributed by atoms with Crippen molar-refractivity contribution in [3.8, 4) is 0 Å². The van der Waals surface area contributed by atoms with Gasteiger partial charge < -0.3 is 10.1 Å². The summed E-state index contributed by atoms with van der Waals surface area (Å²) in [5, 5.41) is 10.4. The second-order valence-electron chi connectivity index (χ2n) is 5.29. The van der Waals surface area contributed by atoms with Gasteiger partial charge in [-0.25, -0.2) is 4.98 Å². The van der Waals surface area contributed by atoms with E-state index in [4.69, 9.17) is 4.74 Å². The molecule has 1 unspecified atom stereocenters. The van der Waals surface area contributed by atoms with E-state index in [1.165, 1.54) is 11.1 Å². The predicted octanol–water partition coefficient (Wildman–Crippen LogP) is 1.73. The van der Waals surface area contributed by atoms with Gasteiger partial charge in [0.2, 0.25) is 0 Å². The molecule has 0 amide bonds. The molecule has 6 nitrogen and oxygen atoms in total. The Bertz CT molecular complexity index is 597. The highest BCUT2D eigenvalue weighted by atomic mass is 16.5. The van der Waals surface area contributed by atoms with E-state index in [0.29, 0.717) is 6.61 Å². The van der Waals surface area contributed by atoms with Crippen LogP contribution in [0.1, 0.15) is 22.9 Å². The molecule has 0 radical (unpaired) electrons. The highest BCUT2D eigenvalue weighted by Gasteiger charge is 2.27. The topological polar surface area (TPSA) is 66.1 Å². The lowest BCUT2D eigenvalue weighted by Gasteiger charge is -2.35. The van der Waals surface area contributed by atoms with Gasteiger partial charge in [-0.2, -0.15) is 5.10 Å². The van der Waals surface area contributed by atoms with Gasteiger partial charge in [-0.3, -0.25) is 10.00 Å². The molecule has 0 aliphatic carbocycles. The summed E-state index contributed by atoms with van der Waals surface area (Å²) >= 11 is 0. The molecule has 0 spiro atoms. The monoisotopic (exact) mass is 287 g/mol. The van der Waals surface area contributed by atoms with Crippen LogP contribution in [0.2, 0.25) is 0 Å². The standard InChI is InChI=1S/C15H21N5O/c1-11-8-18-19-14(11)13-10-21-7-6-20(13)9-12-4-3-5-17-15(12)16-2/h3-5,8,13H,6-7,9-10H2,1-2H3,(H,16,17)(H,18,19). The first-order chi connectivity index (χ1) is 10.3. The molecule has 2 aromatic rings. The van der Waals surface area contributed by atoms with E-state index >= 15 is 0 Å². The third kappa shape index (κ3) is 2.91. The number of aromatic nitrogens is 3. The van der Waals surface area contributed by atoms with E-state index in [-0.39, 0.29) is 6.04 Å². The fourth-order valence-electron chi connectivity index (χ4n) is 2.80. The van der Waals surface area contributed by atoms with Crippen molar-refractivity contribution < 1.29 is 4.74 Å². The number of aryl methyl sites for hydroxylation is 1. The number of nitrogens with zero attached hydrogens (tertiary/aromatic N) is 3. The third-order valence-electron chi connectivity index (χ3n) is 3.94. The Morgan fingerprint density at radius 2 is 2.43 bits per heavy atom. The van der Waals surface area contributed by atoms with Crippen LogP contribution in [0.4, 0.5) is 5.82 Å². The molecule has 2 N–H and O–H groups in total. The van der Waals surface area contributed by atoms with Crippen molar-refractivity contribution in [3.63, 3.8) is 0 Å². The number of ether oxygens (including phenoxy) is 1. The summed E-state index contributed by atoms with van der Waals surface area (Å²) < 4.78 is 5.66.